The van der Waals surface area contributed by atoms with Gasteiger partial charge < -0.3 is 14.2 Å². The molecular formula is C17H24N2O3S2. The lowest BCUT2D eigenvalue weighted by atomic mass is 10.1. The molecule has 132 valence electrons. The monoisotopic (exact) mass is 368 g/mol. The van der Waals surface area contributed by atoms with Crippen LogP contribution < -0.4 is 0 Å². The second-order valence-corrected chi connectivity index (χ2v) is 9.01. The molecule has 1 aromatic rings. The van der Waals surface area contributed by atoms with Gasteiger partial charge in [-0.3, -0.25) is 9.59 Å². The molecule has 1 atom stereocenters. The fourth-order valence-corrected chi connectivity index (χ4v) is 6.11. The molecule has 3 rings (SSSR count). The van der Waals surface area contributed by atoms with E-state index in [0.717, 1.165) is 18.1 Å². The van der Waals surface area contributed by atoms with Gasteiger partial charge in [0.25, 0.3) is 5.91 Å². The highest BCUT2D eigenvalue weighted by molar-refractivity contribution is 8.77. The fourth-order valence-electron chi connectivity index (χ4n) is 3.09. The summed E-state index contributed by atoms with van der Waals surface area (Å²) in [6.45, 7) is 2.42. The molecule has 0 spiro atoms. The van der Waals surface area contributed by atoms with Crippen LogP contribution in [0, 0.1) is 0 Å². The van der Waals surface area contributed by atoms with E-state index >= 15 is 0 Å². The Kier molecular flexibility index (Phi) is 6.54. The summed E-state index contributed by atoms with van der Waals surface area (Å²) in [4.78, 5) is 28.1. The van der Waals surface area contributed by atoms with Gasteiger partial charge >= 0.3 is 0 Å². The molecule has 0 bridgehead atoms. The average molecular weight is 369 g/mol. The van der Waals surface area contributed by atoms with Crippen molar-refractivity contribution < 1.29 is 14.0 Å². The third kappa shape index (κ3) is 4.72. The molecule has 5 nitrogen and oxygen atoms in total. The highest BCUT2D eigenvalue weighted by Crippen LogP contribution is 2.39. The number of piperazine rings is 1. The topological polar surface area (TPSA) is 53.8 Å². The van der Waals surface area contributed by atoms with E-state index in [1.54, 1.807) is 17.0 Å². The standard InChI is InChI=1S/C17H24N2O3S2/c20-16(6-2-1-4-14-7-13-23-24-14)18-8-10-19(11-9-18)17(21)15-5-3-12-22-15/h3,5,12,14H,1-2,4,6-11,13H2/t14-/m1/s1. The van der Waals surface area contributed by atoms with Crippen molar-refractivity contribution in [2.45, 2.75) is 37.4 Å². The Morgan fingerprint density at radius 3 is 2.62 bits per heavy atom. The number of unbranched alkanes of at least 4 members (excludes halogenated alkanes) is 1. The predicted octanol–water partition coefficient (Wildman–Crippen LogP) is 3.28. The molecule has 0 N–H and O–H groups in total. The molecule has 2 aliphatic rings. The van der Waals surface area contributed by atoms with Gasteiger partial charge in [-0.05, 0) is 31.4 Å². The van der Waals surface area contributed by atoms with E-state index in [1.165, 1.54) is 24.9 Å². The lowest BCUT2D eigenvalue weighted by Gasteiger charge is -2.34. The minimum atomic E-state index is -0.0842. The Labute approximate surface area is 150 Å². The number of hydrogen-bond donors (Lipinski definition) is 0. The van der Waals surface area contributed by atoms with Crippen LogP contribution in [0.15, 0.2) is 22.8 Å². The van der Waals surface area contributed by atoms with Gasteiger partial charge in [-0.2, -0.15) is 0 Å². The fraction of sp³-hybridized carbons (Fsp3) is 0.647. The third-order valence-electron chi connectivity index (χ3n) is 4.55. The molecular weight excluding hydrogens is 344 g/mol. The lowest BCUT2D eigenvalue weighted by Crippen LogP contribution is -2.50. The van der Waals surface area contributed by atoms with Crippen LogP contribution in [0.5, 0.6) is 0 Å². The van der Waals surface area contributed by atoms with Gasteiger partial charge in [-0.25, -0.2) is 0 Å². The molecule has 0 unspecified atom stereocenters. The molecule has 3 heterocycles. The number of nitrogens with zero attached hydrogens (tertiary/aromatic N) is 2. The molecule has 2 amide bonds. The van der Waals surface area contributed by atoms with Crippen molar-refractivity contribution in [1.82, 2.24) is 9.80 Å². The molecule has 2 saturated heterocycles. The summed E-state index contributed by atoms with van der Waals surface area (Å²) in [7, 11) is 3.98. The maximum absolute atomic E-state index is 12.3. The van der Waals surface area contributed by atoms with E-state index in [1.807, 2.05) is 26.5 Å². The van der Waals surface area contributed by atoms with Crippen LogP contribution in [0.4, 0.5) is 0 Å². The van der Waals surface area contributed by atoms with E-state index in [0.29, 0.717) is 38.4 Å². The number of furan rings is 1. The number of rotatable bonds is 6. The van der Waals surface area contributed by atoms with Gasteiger partial charge in [-0.15, -0.1) is 0 Å². The van der Waals surface area contributed by atoms with Gasteiger partial charge in [0.05, 0.1) is 6.26 Å². The van der Waals surface area contributed by atoms with Crippen molar-refractivity contribution in [3.8, 4) is 0 Å². The summed E-state index contributed by atoms with van der Waals surface area (Å²) in [5.74, 6) is 1.79. The summed E-state index contributed by atoms with van der Waals surface area (Å²) >= 11 is 0. The summed E-state index contributed by atoms with van der Waals surface area (Å²) in [6.07, 6.45) is 6.81. The molecule has 2 fully saturated rings. The highest BCUT2D eigenvalue weighted by Gasteiger charge is 2.25. The number of amides is 2. The van der Waals surface area contributed by atoms with Crippen molar-refractivity contribution in [2.75, 3.05) is 31.9 Å². The summed E-state index contributed by atoms with van der Waals surface area (Å²) < 4.78 is 5.16. The zero-order chi connectivity index (χ0) is 16.8. The third-order valence-corrected chi connectivity index (χ3v) is 7.55. The molecule has 0 saturated carbocycles. The summed E-state index contributed by atoms with van der Waals surface area (Å²) in [5, 5.41) is 0.793. The van der Waals surface area contributed by atoms with E-state index < -0.39 is 0 Å². The first-order valence-corrected chi connectivity index (χ1v) is 11.0. The smallest absolute Gasteiger partial charge is 0.289 e. The Bertz CT molecular complexity index is 536. The van der Waals surface area contributed by atoms with Gasteiger partial charge in [0.15, 0.2) is 5.76 Å². The molecule has 1 aromatic heterocycles. The van der Waals surface area contributed by atoms with Crippen molar-refractivity contribution in [2.24, 2.45) is 0 Å². The Morgan fingerprint density at radius 2 is 1.96 bits per heavy atom. The van der Waals surface area contributed by atoms with Crippen LogP contribution in [0.2, 0.25) is 0 Å². The van der Waals surface area contributed by atoms with Crippen molar-refractivity contribution in [3.63, 3.8) is 0 Å². The van der Waals surface area contributed by atoms with E-state index in [4.69, 9.17) is 4.42 Å². The van der Waals surface area contributed by atoms with E-state index in [9.17, 15) is 9.59 Å². The first-order valence-electron chi connectivity index (χ1n) is 8.63. The van der Waals surface area contributed by atoms with Crippen molar-refractivity contribution in [1.29, 1.82) is 0 Å². The maximum atomic E-state index is 12.3. The van der Waals surface area contributed by atoms with Crippen molar-refractivity contribution >= 4 is 33.4 Å². The summed E-state index contributed by atoms with van der Waals surface area (Å²) in [5.41, 5.74) is 0. The average Bonchev–Trinajstić information content (AvgIpc) is 3.31. The van der Waals surface area contributed by atoms with Crippen LogP contribution in [-0.2, 0) is 4.79 Å². The largest absolute Gasteiger partial charge is 0.459 e. The van der Waals surface area contributed by atoms with Gasteiger partial charge in [0, 0.05) is 43.6 Å². The molecule has 0 radical (unpaired) electrons. The van der Waals surface area contributed by atoms with E-state index in [2.05, 4.69) is 0 Å². The zero-order valence-corrected chi connectivity index (χ0v) is 15.4. The highest BCUT2D eigenvalue weighted by atomic mass is 33.1. The maximum Gasteiger partial charge on any atom is 0.289 e. The molecule has 0 aliphatic carbocycles. The molecule has 7 heteroatoms. The summed E-state index contributed by atoms with van der Waals surface area (Å²) in [6, 6.07) is 3.40. The SMILES string of the molecule is O=C(CCCC[C@@H]1CCSS1)N1CCN(C(=O)c2ccco2)CC1. The normalized spacial score (nSPS) is 21.2. The van der Waals surface area contributed by atoms with Crippen LogP contribution in [0.3, 0.4) is 0 Å². The van der Waals surface area contributed by atoms with Crippen LogP contribution in [0.1, 0.15) is 42.7 Å². The van der Waals surface area contributed by atoms with Crippen LogP contribution in [0.25, 0.3) is 0 Å². The first kappa shape index (κ1) is 17.7. The van der Waals surface area contributed by atoms with Gasteiger partial charge in [0.2, 0.25) is 5.91 Å². The Hall–Kier alpha value is -1.08. The number of hydrogen-bond acceptors (Lipinski definition) is 5. The Balaban J connectivity index is 1.33. The number of carbonyl (C=O) groups excluding carboxylic acids is 2. The molecule has 24 heavy (non-hydrogen) atoms. The second-order valence-electron chi connectivity index (χ2n) is 6.22. The van der Waals surface area contributed by atoms with Crippen molar-refractivity contribution in [3.05, 3.63) is 24.2 Å². The van der Waals surface area contributed by atoms with Crippen LogP contribution >= 0.6 is 21.6 Å². The Morgan fingerprint density at radius 1 is 1.17 bits per heavy atom. The predicted molar refractivity (Wildman–Crippen MR) is 98.1 cm³/mol. The first-order chi connectivity index (χ1) is 11.7. The molecule has 0 aromatic carbocycles. The van der Waals surface area contributed by atoms with E-state index in [-0.39, 0.29) is 11.8 Å². The van der Waals surface area contributed by atoms with Crippen LogP contribution in [-0.4, -0.2) is 58.8 Å². The minimum absolute atomic E-state index is 0.0842. The number of carbonyl (C=O) groups is 2. The lowest BCUT2D eigenvalue weighted by molar-refractivity contribution is -0.132. The zero-order valence-electron chi connectivity index (χ0n) is 13.8. The van der Waals surface area contributed by atoms with Gasteiger partial charge in [0.1, 0.15) is 0 Å². The quantitative estimate of drug-likeness (QED) is 0.570. The molecule has 2 aliphatic heterocycles. The second kappa shape index (κ2) is 8.85. The van der Waals surface area contributed by atoms with Gasteiger partial charge in [-0.1, -0.05) is 28.0 Å². The minimum Gasteiger partial charge on any atom is -0.459 e.